The Bertz CT molecular complexity index is 385. The number of ether oxygens (including phenoxy) is 1. The van der Waals surface area contributed by atoms with Gasteiger partial charge in [-0.1, -0.05) is 0 Å². The van der Waals surface area contributed by atoms with Crippen LogP contribution in [0.5, 0.6) is 0 Å². The van der Waals surface area contributed by atoms with Gasteiger partial charge in [0.15, 0.2) is 0 Å². The molecule has 0 bridgehead atoms. The van der Waals surface area contributed by atoms with E-state index in [-0.39, 0.29) is 6.09 Å². The fourth-order valence-electron chi connectivity index (χ4n) is 1.27. The summed E-state index contributed by atoms with van der Waals surface area (Å²) in [7, 11) is 0. The summed E-state index contributed by atoms with van der Waals surface area (Å²) in [5, 5.41) is 9.00. The molecule has 0 fully saturated rings. The number of aryl methyl sites for hydroxylation is 1. The Morgan fingerprint density at radius 1 is 1.44 bits per heavy atom. The predicted molar refractivity (Wildman–Crippen MR) is 72.8 cm³/mol. The van der Waals surface area contributed by atoms with Gasteiger partial charge in [-0.15, -0.1) is 11.3 Å². The Morgan fingerprint density at radius 3 is 2.72 bits per heavy atom. The molecule has 0 saturated heterocycles. The van der Waals surface area contributed by atoms with Gasteiger partial charge >= 0.3 is 6.09 Å². The molecule has 2 N–H and O–H groups in total. The maximum Gasteiger partial charge on any atom is 0.407 e. The lowest BCUT2D eigenvalue weighted by atomic mass is 10.2. The summed E-state index contributed by atoms with van der Waals surface area (Å²) in [6.07, 6.45) is -0.381. The van der Waals surface area contributed by atoms with E-state index in [1.54, 1.807) is 11.3 Å². The van der Waals surface area contributed by atoms with Crippen molar-refractivity contribution < 1.29 is 9.53 Å². The average Bonchev–Trinajstić information content (AvgIpc) is 2.61. The van der Waals surface area contributed by atoms with Crippen molar-refractivity contribution in [3.63, 3.8) is 0 Å². The molecule has 0 atom stereocenters. The molecule has 6 heteroatoms. The van der Waals surface area contributed by atoms with Crippen molar-refractivity contribution in [2.75, 3.05) is 13.1 Å². The number of aromatic nitrogens is 1. The van der Waals surface area contributed by atoms with E-state index in [1.807, 2.05) is 33.1 Å². The molecule has 1 rings (SSSR count). The second kappa shape index (κ2) is 6.70. The van der Waals surface area contributed by atoms with Crippen molar-refractivity contribution in [3.05, 3.63) is 16.1 Å². The van der Waals surface area contributed by atoms with Crippen LogP contribution in [0.25, 0.3) is 0 Å². The molecule has 1 aromatic heterocycles. The van der Waals surface area contributed by atoms with Crippen LogP contribution in [0.2, 0.25) is 0 Å². The highest BCUT2D eigenvalue weighted by Crippen LogP contribution is 2.07. The van der Waals surface area contributed by atoms with Crippen LogP contribution in [-0.2, 0) is 11.3 Å². The number of rotatable bonds is 5. The molecule has 102 valence electrons. The molecule has 0 spiro atoms. The first-order valence-corrected chi connectivity index (χ1v) is 6.83. The quantitative estimate of drug-likeness (QED) is 0.805. The Labute approximate surface area is 112 Å². The highest BCUT2D eigenvalue weighted by Gasteiger charge is 2.15. The molecule has 1 amide bonds. The molecule has 0 aliphatic rings. The van der Waals surface area contributed by atoms with E-state index in [0.717, 1.165) is 17.2 Å². The molecule has 0 saturated carbocycles. The third-order valence-electron chi connectivity index (χ3n) is 1.94. The summed E-state index contributed by atoms with van der Waals surface area (Å²) in [5.74, 6) is 0. The number of thiazole rings is 1. The second-order valence-corrected chi connectivity index (χ2v) is 6.03. The van der Waals surface area contributed by atoms with Gasteiger partial charge in [-0.2, -0.15) is 0 Å². The first kappa shape index (κ1) is 14.9. The minimum atomic E-state index is -0.449. The van der Waals surface area contributed by atoms with Crippen molar-refractivity contribution in [3.8, 4) is 0 Å². The molecule has 5 nitrogen and oxygen atoms in total. The summed E-state index contributed by atoms with van der Waals surface area (Å²) >= 11 is 1.64. The van der Waals surface area contributed by atoms with Gasteiger partial charge in [-0.05, 0) is 27.7 Å². The summed E-state index contributed by atoms with van der Waals surface area (Å²) in [6.45, 7) is 9.46. The van der Waals surface area contributed by atoms with E-state index in [0.29, 0.717) is 13.1 Å². The Kier molecular flexibility index (Phi) is 5.55. The minimum Gasteiger partial charge on any atom is -0.444 e. The predicted octanol–water partition coefficient (Wildman–Crippen LogP) is 2.07. The number of nitrogens with one attached hydrogen (secondary N) is 2. The van der Waals surface area contributed by atoms with Crippen molar-refractivity contribution in [2.24, 2.45) is 0 Å². The van der Waals surface area contributed by atoms with Crippen LogP contribution in [0.15, 0.2) is 5.38 Å². The number of hydrogen-bond acceptors (Lipinski definition) is 5. The number of carbonyl (C=O) groups is 1. The molecule has 18 heavy (non-hydrogen) atoms. The van der Waals surface area contributed by atoms with Gasteiger partial charge in [-0.25, -0.2) is 9.78 Å². The lowest BCUT2D eigenvalue weighted by Gasteiger charge is -2.19. The van der Waals surface area contributed by atoms with Gasteiger partial charge in [0.05, 0.1) is 10.7 Å². The van der Waals surface area contributed by atoms with Crippen LogP contribution in [0.4, 0.5) is 4.79 Å². The molecule has 0 aliphatic carbocycles. The number of hydrogen-bond donors (Lipinski definition) is 2. The fraction of sp³-hybridized carbons (Fsp3) is 0.667. The number of alkyl carbamates (subject to hydrolysis) is 1. The largest absolute Gasteiger partial charge is 0.444 e. The molecule has 0 radical (unpaired) electrons. The number of amides is 1. The molecule has 0 aromatic carbocycles. The zero-order valence-electron chi connectivity index (χ0n) is 11.4. The summed E-state index contributed by atoms with van der Waals surface area (Å²) < 4.78 is 5.12. The second-order valence-electron chi connectivity index (χ2n) is 4.96. The maximum absolute atomic E-state index is 11.3. The van der Waals surface area contributed by atoms with Gasteiger partial charge in [0.1, 0.15) is 5.60 Å². The zero-order valence-corrected chi connectivity index (χ0v) is 12.2. The van der Waals surface area contributed by atoms with Gasteiger partial charge in [0, 0.05) is 25.0 Å². The van der Waals surface area contributed by atoms with E-state index in [4.69, 9.17) is 4.74 Å². The average molecular weight is 271 g/mol. The van der Waals surface area contributed by atoms with Gasteiger partial charge in [0.2, 0.25) is 0 Å². The van der Waals surface area contributed by atoms with Gasteiger partial charge < -0.3 is 15.4 Å². The fourth-order valence-corrected chi connectivity index (χ4v) is 1.89. The first-order valence-electron chi connectivity index (χ1n) is 5.95. The third-order valence-corrected chi connectivity index (χ3v) is 2.77. The molecule has 1 heterocycles. The zero-order chi connectivity index (χ0) is 13.6. The lowest BCUT2D eigenvalue weighted by Crippen LogP contribution is -2.36. The van der Waals surface area contributed by atoms with E-state index < -0.39 is 5.60 Å². The molecular formula is C12H21N3O2S. The first-order chi connectivity index (χ1) is 8.37. The van der Waals surface area contributed by atoms with Crippen LogP contribution in [0.1, 0.15) is 31.5 Å². The minimum absolute atomic E-state index is 0.381. The van der Waals surface area contributed by atoms with Crippen LogP contribution in [0.3, 0.4) is 0 Å². The molecule has 1 aromatic rings. The Morgan fingerprint density at radius 2 is 2.17 bits per heavy atom. The van der Waals surface area contributed by atoms with Crippen molar-refractivity contribution in [1.29, 1.82) is 0 Å². The highest BCUT2D eigenvalue weighted by molar-refractivity contribution is 7.09. The van der Waals surface area contributed by atoms with Crippen LogP contribution >= 0.6 is 11.3 Å². The molecular weight excluding hydrogens is 250 g/mol. The van der Waals surface area contributed by atoms with Gasteiger partial charge in [0.25, 0.3) is 0 Å². The highest BCUT2D eigenvalue weighted by atomic mass is 32.1. The van der Waals surface area contributed by atoms with Crippen LogP contribution in [0, 0.1) is 6.92 Å². The number of carbonyl (C=O) groups excluding carboxylic acids is 1. The van der Waals surface area contributed by atoms with Crippen molar-refractivity contribution in [1.82, 2.24) is 15.6 Å². The van der Waals surface area contributed by atoms with Crippen molar-refractivity contribution in [2.45, 2.75) is 39.8 Å². The monoisotopic (exact) mass is 271 g/mol. The smallest absolute Gasteiger partial charge is 0.407 e. The summed E-state index contributed by atoms with van der Waals surface area (Å²) in [6, 6.07) is 0. The SMILES string of the molecule is Cc1nc(CNCCNC(=O)OC(C)(C)C)cs1. The van der Waals surface area contributed by atoms with Gasteiger partial charge in [-0.3, -0.25) is 0 Å². The van der Waals surface area contributed by atoms with E-state index in [2.05, 4.69) is 15.6 Å². The summed E-state index contributed by atoms with van der Waals surface area (Å²) in [5.41, 5.74) is 0.588. The Hall–Kier alpha value is -1.14. The lowest BCUT2D eigenvalue weighted by molar-refractivity contribution is 0.0528. The topological polar surface area (TPSA) is 63.2 Å². The Balaban J connectivity index is 2.07. The standard InChI is InChI=1S/C12H21N3O2S/c1-9-15-10(8-18-9)7-13-5-6-14-11(16)17-12(2,3)4/h8,13H,5-7H2,1-4H3,(H,14,16). The maximum atomic E-state index is 11.3. The molecule has 0 unspecified atom stereocenters. The van der Waals surface area contributed by atoms with E-state index in [9.17, 15) is 4.79 Å². The van der Waals surface area contributed by atoms with Crippen molar-refractivity contribution >= 4 is 17.4 Å². The van der Waals surface area contributed by atoms with E-state index >= 15 is 0 Å². The number of nitrogens with zero attached hydrogens (tertiary/aromatic N) is 1. The van der Waals surface area contributed by atoms with E-state index in [1.165, 1.54) is 0 Å². The summed E-state index contributed by atoms with van der Waals surface area (Å²) in [4.78, 5) is 15.7. The van der Waals surface area contributed by atoms with Crippen LogP contribution < -0.4 is 10.6 Å². The van der Waals surface area contributed by atoms with Crippen LogP contribution in [-0.4, -0.2) is 29.8 Å². The molecule has 0 aliphatic heterocycles. The normalized spacial score (nSPS) is 11.3. The third kappa shape index (κ3) is 6.56.